The topological polar surface area (TPSA) is 125 Å². The third-order valence-electron chi connectivity index (χ3n) is 10.0. The Morgan fingerprint density at radius 2 is 1.79 bits per heavy atom. The van der Waals surface area contributed by atoms with Crippen molar-refractivity contribution in [2.24, 2.45) is 28.6 Å². The Morgan fingerprint density at radius 1 is 1.03 bits per heavy atom. The number of ether oxygens (including phenoxy) is 4. The van der Waals surface area contributed by atoms with E-state index >= 15 is 0 Å². The number of rotatable bonds is 8. The summed E-state index contributed by atoms with van der Waals surface area (Å²) in [6, 6.07) is 0. The minimum absolute atomic E-state index is 0.00165. The fourth-order valence-corrected chi connectivity index (χ4v) is 8.23. The monoisotopic (exact) mass is 534 g/mol. The lowest BCUT2D eigenvalue weighted by Crippen LogP contribution is -2.63. The smallest absolute Gasteiger partial charge is 0.435 e. The van der Waals surface area contributed by atoms with Gasteiger partial charge in [-0.1, -0.05) is 32.8 Å². The number of hydrogen-bond acceptors (Lipinski definition) is 9. The minimum Gasteiger partial charge on any atom is -0.435 e. The summed E-state index contributed by atoms with van der Waals surface area (Å²) in [6.45, 7) is 7.39. The second-order valence-corrected chi connectivity index (χ2v) is 11.9. The Hall–Kier alpha value is -2.42. The van der Waals surface area contributed by atoms with Gasteiger partial charge in [-0.2, -0.15) is 0 Å². The van der Waals surface area contributed by atoms with Crippen molar-refractivity contribution in [2.75, 3.05) is 19.8 Å². The molecule has 0 unspecified atom stereocenters. The summed E-state index contributed by atoms with van der Waals surface area (Å²) in [7, 11) is 0. The molecule has 0 aromatic rings. The van der Waals surface area contributed by atoms with Crippen LogP contribution in [0, 0.1) is 28.6 Å². The van der Waals surface area contributed by atoms with Crippen molar-refractivity contribution in [3.63, 3.8) is 0 Å². The molecule has 0 bridgehead atoms. The Labute approximate surface area is 224 Å². The van der Waals surface area contributed by atoms with Crippen molar-refractivity contribution in [3.8, 4) is 0 Å². The summed E-state index contributed by atoms with van der Waals surface area (Å²) in [5.41, 5.74) is -1.63. The van der Waals surface area contributed by atoms with Crippen molar-refractivity contribution < 1.29 is 43.2 Å². The maximum atomic E-state index is 13.8. The van der Waals surface area contributed by atoms with E-state index in [1.54, 1.807) is 13.0 Å². The SMILES string of the molecule is CCCCOC(=O)OCC(=O)[C@@]1(OC(=O)OCC)CC[C@H]2[C@@H]3CCC4=CC(=O)CC[C@]4(C)[C@H]3[C@@H](O)C[C@@]21C. The number of hydrogen-bond donors (Lipinski definition) is 1. The molecule has 3 fully saturated rings. The van der Waals surface area contributed by atoms with Crippen molar-refractivity contribution in [1.29, 1.82) is 0 Å². The van der Waals surface area contributed by atoms with E-state index in [2.05, 4.69) is 6.92 Å². The number of ketones is 2. The predicted octanol–water partition coefficient (Wildman–Crippen LogP) is 4.92. The molecule has 4 rings (SSSR count). The molecule has 0 aromatic heterocycles. The van der Waals surface area contributed by atoms with Crippen molar-refractivity contribution in [3.05, 3.63) is 11.6 Å². The fraction of sp³-hybridized carbons (Fsp3) is 0.793. The van der Waals surface area contributed by atoms with Crippen LogP contribution in [-0.4, -0.2) is 60.5 Å². The molecule has 0 saturated heterocycles. The van der Waals surface area contributed by atoms with Gasteiger partial charge in [0.05, 0.1) is 19.3 Å². The third-order valence-corrected chi connectivity index (χ3v) is 10.0. The van der Waals surface area contributed by atoms with E-state index in [0.717, 1.165) is 24.8 Å². The lowest BCUT2D eigenvalue weighted by Gasteiger charge is -2.60. The number of carbonyl (C=O) groups excluding carboxylic acids is 4. The summed E-state index contributed by atoms with van der Waals surface area (Å²) in [5.74, 6) is -0.333. The summed E-state index contributed by atoms with van der Waals surface area (Å²) in [4.78, 5) is 50.7. The maximum Gasteiger partial charge on any atom is 0.509 e. The van der Waals surface area contributed by atoms with Gasteiger partial charge in [0.1, 0.15) is 0 Å². The number of fused-ring (bicyclic) bond motifs is 5. The van der Waals surface area contributed by atoms with Crippen LogP contribution in [0.2, 0.25) is 0 Å². The van der Waals surface area contributed by atoms with E-state index < -0.39 is 41.8 Å². The summed E-state index contributed by atoms with van der Waals surface area (Å²) < 4.78 is 21.1. The van der Waals surface area contributed by atoms with Crippen LogP contribution in [0.4, 0.5) is 9.59 Å². The fourth-order valence-electron chi connectivity index (χ4n) is 8.23. The number of Topliss-reactive ketones (excluding diaryl/α,β-unsaturated/α-hetero) is 1. The molecule has 4 aliphatic carbocycles. The average Bonchev–Trinajstić information content (AvgIpc) is 3.15. The van der Waals surface area contributed by atoms with E-state index in [0.29, 0.717) is 25.7 Å². The van der Waals surface area contributed by atoms with E-state index in [-0.39, 0.29) is 55.0 Å². The van der Waals surface area contributed by atoms with Gasteiger partial charge in [0.25, 0.3) is 0 Å². The maximum absolute atomic E-state index is 13.8. The molecule has 9 heteroatoms. The molecule has 9 nitrogen and oxygen atoms in total. The van der Waals surface area contributed by atoms with E-state index in [1.165, 1.54) is 0 Å². The van der Waals surface area contributed by atoms with Crippen LogP contribution >= 0.6 is 0 Å². The zero-order chi connectivity index (χ0) is 27.7. The van der Waals surface area contributed by atoms with Crippen LogP contribution in [0.1, 0.15) is 85.5 Å². The van der Waals surface area contributed by atoms with Crippen LogP contribution < -0.4 is 0 Å². The standard InChI is InChI=1S/C29H42O9/c1-5-7-14-36-25(33)37-17-23(32)29(38-26(34)35-6-2)13-11-21-20-9-8-18-15-19(30)10-12-27(18,3)24(20)22(31)16-28(21,29)4/h15,20-22,24,31H,5-14,16-17H2,1-4H3/t20-,21-,22-,24+,27-,28-,29-/m0/s1. The quantitative estimate of drug-likeness (QED) is 0.341. The van der Waals surface area contributed by atoms with E-state index in [4.69, 9.17) is 18.9 Å². The Balaban J connectivity index is 1.62. The first-order chi connectivity index (χ1) is 18.0. The van der Waals surface area contributed by atoms with Gasteiger partial charge < -0.3 is 24.1 Å². The molecule has 1 N–H and O–H groups in total. The molecule has 38 heavy (non-hydrogen) atoms. The molecule has 0 heterocycles. The molecule has 0 spiro atoms. The predicted molar refractivity (Wildman–Crippen MR) is 136 cm³/mol. The first-order valence-electron chi connectivity index (χ1n) is 14.1. The van der Waals surface area contributed by atoms with E-state index in [9.17, 15) is 24.3 Å². The Kier molecular flexibility index (Phi) is 8.26. The Morgan fingerprint density at radius 3 is 2.50 bits per heavy atom. The lowest BCUT2D eigenvalue weighted by molar-refractivity contribution is -0.187. The Bertz CT molecular complexity index is 989. The zero-order valence-electron chi connectivity index (χ0n) is 23.1. The molecular weight excluding hydrogens is 492 g/mol. The van der Waals surface area contributed by atoms with Crippen LogP contribution in [0.3, 0.4) is 0 Å². The number of aliphatic hydroxyl groups is 1. The molecule has 0 amide bonds. The van der Waals surface area contributed by atoms with Gasteiger partial charge in [-0.3, -0.25) is 9.59 Å². The second-order valence-electron chi connectivity index (χ2n) is 11.9. The van der Waals surface area contributed by atoms with Crippen LogP contribution in [0.25, 0.3) is 0 Å². The molecule has 212 valence electrons. The van der Waals surface area contributed by atoms with E-state index in [1.807, 2.05) is 13.8 Å². The van der Waals surface area contributed by atoms with Crippen LogP contribution in [0.15, 0.2) is 11.6 Å². The normalized spacial score (nSPS) is 37.7. The summed E-state index contributed by atoms with van der Waals surface area (Å²) in [6.07, 6.45) is 4.56. The number of unbranched alkanes of at least 4 members (excludes halogenated alkanes) is 1. The highest BCUT2D eigenvalue weighted by Crippen LogP contribution is 2.68. The minimum atomic E-state index is -1.60. The summed E-state index contributed by atoms with van der Waals surface area (Å²) >= 11 is 0. The van der Waals surface area contributed by atoms with Gasteiger partial charge in [0.2, 0.25) is 5.78 Å². The van der Waals surface area contributed by atoms with Crippen molar-refractivity contribution in [2.45, 2.75) is 97.2 Å². The van der Waals surface area contributed by atoms with Crippen molar-refractivity contribution >= 4 is 23.9 Å². The largest absolute Gasteiger partial charge is 0.509 e. The second kappa shape index (κ2) is 11.0. The molecule has 0 aromatic carbocycles. The highest BCUT2D eigenvalue weighted by Gasteiger charge is 2.70. The molecule has 4 aliphatic rings. The molecule has 7 atom stereocenters. The molecule has 0 radical (unpaired) electrons. The van der Waals surface area contributed by atoms with Crippen molar-refractivity contribution in [1.82, 2.24) is 0 Å². The van der Waals surface area contributed by atoms with Gasteiger partial charge in [-0.05, 0) is 81.1 Å². The van der Waals surface area contributed by atoms with Crippen LogP contribution in [0.5, 0.6) is 0 Å². The molecule has 0 aliphatic heterocycles. The highest BCUT2D eigenvalue weighted by atomic mass is 16.7. The van der Waals surface area contributed by atoms with Gasteiger partial charge in [-0.15, -0.1) is 0 Å². The van der Waals surface area contributed by atoms with Gasteiger partial charge in [0.15, 0.2) is 18.0 Å². The van der Waals surface area contributed by atoms with Gasteiger partial charge in [-0.25, -0.2) is 9.59 Å². The highest BCUT2D eigenvalue weighted by molar-refractivity contribution is 5.93. The number of allylic oxidation sites excluding steroid dienone is 1. The third kappa shape index (κ3) is 4.75. The van der Waals surface area contributed by atoms with Crippen LogP contribution in [-0.2, 0) is 28.5 Å². The lowest BCUT2D eigenvalue weighted by atomic mass is 9.45. The van der Waals surface area contributed by atoms with Gasteiger partial charge >= 0.3 is 12.3 Å². The average molecular weight is 535 g/mol. The molecular formula is C29H42O9. The number of aliphatic hydroxyl groups excluding tert-OH is 1. The first kappa shape index (κ1) is 28.6. The van der Waals surface area contributed by atoms with Gasteiger partial charge in [0, 0.05) is 11.8 Å². The number of carbonyl (C=O) groups is 4. The zero-order valence-corrected chi connectivity index (χ0v) is 23.1. The summed E-state index contributed by atoms with van der Waals surface area (Å²) in [5, 5.41) is 11.7. The molecule has 3 saturated carbocycles. The first-order valence-corrected chi connectivity index (χ1v) is 14.1.